The Hall–Kier alpha value is -2.17. The topological polar surface area (TPSA) is 69.6 Å². The maximum atomic E-state index is 12.5. The maximum Gasteiger partial charge on any atom is 0.220 e. The molecule has 1 amide bonds. The Bertz CT molecular complexity index is 1210. The van der Waals surface area contributed by atoms with Crippen LogP contribution in [0.25, 0.3) is 0 Å². The molecule has 4 nitrogen and oxygen atoms in total. The molecular weight excluding hydrogens is 867 g/mol. The number of amides is 1. The van der Waals surface area contributed by atoms with Crippen molar-refractivity contribution in [3.63, 3.8) is 0 Å². The van der Waals surface area contributed by atoms with E-state index in [2.05, 4.69) is 79.9 Å². The number of hydrogen-bond acceptors (Lipinski definition) is 3. The SMILES string of the molecule is CC/C=C\C/C=C\C/C=C\C/C=C\CCCCCCCCCCCCCCCCCCCCCCCCCCCCC(=O)NC(CO)C(O)/C=C/CC/C=C/CCCCCCCCCCCCCCCC. The smallest absolute Gasteiger partial charge is 0.220 e. The zero-order valence-corrected chi connectivity index (χ0v) is 47.7. The summed E-state index contributed by atoms with van der Waals surface area (Å²) in [6.45, 7) is 4.21. The van der Waals surface area contributed by atoms with Crippen LogP contribution in [0.2, 0.25) is 0 Å². The van der Waals surface area contributed by atoms with Crippen molar-refractivity contribution < 1.29 is 15.0 Å². The first-order chi connectivity index (χ1) is 35.2. The van der Waals surface area contributed by atoms with Gasteiger partial charge in [0.1, 0.15) is 0 Å². The van der Waals surface area contributed by atoms with Gasteiger partial charge in [-0.1, -0.05) is 324 Å². The molecule has 0 heterocycles. The number of allylic oxidation sites excluding steroid dienone is 11. The van der Waals surface area contributed by atoms with Crippen molar-refractivity contribution in [2.45, 2.75) is 341 Å². The zero-order valence-electron chi connectivity index (χ0n) is 47.7. The monoisotopic (exact) mass is 990 g/mol. The molecule has 0 aliphatic heterocycles. The molecule has 0 aromatic rings. The van der Waals surface area contributed by atoms with Crippen molar-refractivity contribution in [1.29, 1.82) is 0 Å². The lowest BCUT2D eigenvalue weighted by Crippen LogP contribution is -2.45. The van der Waals surface area contributed by atoms with Gasteiger partial charge in [0.25, 0.3) is 0 Å². The zero-order chi connectivity index (χ0) is 51.3. The third-order valence-corrected chi connectivity index (χ3v) is 14.4. The van der Waals surface area contributed by atoms with Gasteiger partial charge in [0.15, 0.2) is 0 Å². The fourth-order valence-electron chi connectivity index (χ4n) is 9.66. The molecule has 0 aliphatic rings. The Labute approximate surface area is 444 Å². The quantitative estimate of drug-likeness (QED) is 0.0420. The van der Waals surface area contributed by atoms with Crippen molar-refractivity contribution >= 4 is 5.91 Å². The summed E-state index contributed by atoms with van der Waals surface area (Å²) in [6, 6.07) is -0.640. The molecule has 0 aliphatic carbocycles. The molecule has 0 fully saturated rings. The molecule has 71 heavy (non-hydrogen) atoms. The van der Waals surface area contributed by atoms with E-state index < -0.39 is 12.1 Å². The van der Waals surface area contributed by atoms with Crippen LogP contribution >= 0.6 is 0 Å². The van der Waals surface area contributed by atoms with E-state index in [-0.39, 0.29) is 12.5 Å². The van der Waals surface area contributed by atoms with Crippen LogP contribution in [0.15, 0.2) is 72.9 Å². The highest BCUT2D eigenvalue weighted by Crippen LogP contribution is 2.18. The molecule has 0 aromatic carbocycles. The van der Waals surface area contributed by atoms with Gasteiger partial charge >= 0.3 is 0 Å². The van der Waals surface area contributed by atoms with E-state index in [9.17, 15) is 15.0 Å². The van der Waals surface area contributed by atoms with E-state index in [0.29, 0.717) is 6.42 Å². The summed E-state index contributed by atoms with van der Waals surface area (Å²) < 4.78 is 0. The van der Waals surface area contributed by atoms with Gasteiger partial charge in [0, 0.05) is 6.42 Å². The fraction of sp³-hybridized carbons (Fsp3) is 0.806. The second kappa shape index (κ2) is 62.1. The molecule has 0 radical (unpaired) electrons. The summed E-state index contributed by atoms with van der Waals surface area (Å²) in [7, 11) is 0. The molecular formula is C67H123NO3. The number of rotatable bonds is 58. The Morgan fingerprint density at radius 2 is 0.634 bits per heavy atom. The van der Waals surface area contributed by atoms with E-state index in [1.54, 1.807) is 6.08 Å². The van der Waals surface area contributed by atoms with E-state index >= 15 is 0 Å². The van der Waals surface area contributed by atoms with Crippen LogP contribution in [0.3, 0.4) is 0 Å². The Morgan fingerprint density at radius 3 is 0.986 bits per heavy atom. The van der Waals surface area contributed by atoms with Crippen LogP contribution in [0.1, 0.15) is 328 Å². The second-order valence-corrected chi connectivity index (χ2v) is 21.4. The van der Waals surface area contributed by atoms with Gasteiger partial charge in [0.2, 0.25) is 5.91 Å². The highest BCUT2D eigenvalue weighted by Gasteiger charge is 2.18. The molecule has 4 heteroatoms. The predicted molar refractivity (Wildman–Crippen MR) is 317 cm³/mol. The van der Waals surface area contributed by atoms with Gasteiger partial charge in [-0.2, -0.15) is 0 Å². The lowest BCUT2D eigenvalue weighted by Gasteiger charge is -2.19. The van der Waals surface area contributed by atoms with Gasteiger partial charge in [-0.25, -0.2) is 0 Å². The van der Waals surface area contributed by atoms with Crippen molar-refractivity contribution in [1.82, 2.24) is 5.32 Å². The third-order valence-electron chi connectivity index (χ3n) is 14.4. The standard InChI is InChI=1S/C67H123NO3/c1-3-5-7-9-11-13-15-17-19-21-23-25-26-27-28-29-30-31-32-33-34-35-36-37-38-39-40-41-42-43-45-47-49-51-53-55-57-59-61-63-67(71)68-65(64-69)66(70)62-60-58-56-54-52-50-48-46-44-24-22-20-18-16-14-12-10-8-6-4-2/h5,7,11,13,17,19,23,25,52,54,60,62,65-66,69-70H,3-4,6,8-10,12,14-16,18,20-22,24,26-51,53,55-59,61,63-64H2,1-2H3,(H,68,71)/b7-5-,13-11-,19-17-,25-23-,54-52+,62-60+. The molecule has 0 rings (SSSR count). The van der Waals surface area contributed by atoms with Crippen LogP contribution in [-0.4, -0.2) is 34.9 Å². The van der Waals surface area contributed by atoms with E-state index in [4.69, 9.17) is 0 Å². The second-order valence-electron chi connectivity index (χ2n) is 21.4. The van der Waals surface area contributed by atoms with Crippen LogP contribution in [0.4, 0.5) is 0 Å². The van der Waals surface area contributed by atoms with E-state index in [1.807, 2.05) is 6.08 Å². The lowest BCUT2D eigenvalue weighted by molar-refractivity contribution is -0.123. The summed E-state index contributed by atoms with van der Waals surface area (Å²) in [5, 5.41) is 23.2. The first-order valence-corrected chi connectivity index (χ1v) is 31.7. The van der Waals surface area contributed by atoms with Crippen LogP contribution < -0.4 is 5.32 Å². The molecule has 0 saturated heterocycles. The van der Waals surface area contributed by atoms with Gasteiger partial charge < -0.3 is 15.5 Å². The normalized spacial score (nSPS) is 13.2. The summed E-state index contributed by atoms with van der Waals surface area (Å²) in [6.07, 6.45) is 89.7. The van der Waals surface area contributed by atoms with Crippen LogP contribution in [-0.2, 0) is 4.79 Å². The number of hydrogen-bond donors (Lipinski definition) is 3. The van der Waals surface area contributed by atoms with E-state index in [1.165, 1.54) is 250 Å². The van der Waals surface area contributed by atoms with Gasteiger partial charge in [0.05, 0.1) is 18.8 Å². The molecule has 2 atom stereocenters. The average Bonchev–Trinajstić information content (AvgIpc) is 3.37. The fourth-order valence-corrected chi connectivity index (χ4v) is 9.66. The number of aliphatic hydroxyl groups is 2. The minimum atomic E-state index is -0.863. The molecule has 3 N–H and O–H groups in total. The molecule has 0 saturated carbocycles. The maximum absolute atomic E-state index is 12.5. The number of carbonyl (C=O) groups is 1. The lowest BCUT2D eigenvalue weighted by atomic mass is 10.0. The number of unbranched alkanes of at least 4 members (excludes halogenated alkanes) is 41. The van der Waals surface area contributed by atoms with Crippen molar-refractivity contribution in [2.24, 2.45) is 0 Å². The molecule has 0 aromatic heterocycles. The third kappa shape index (κ3) is 58.6. The largest absolute Gasteiger partial charge is 0.394 e. The molecule has 0 spiro atoms. The summed E-state index contributed by atoms with van der Waals surface area (Å²) in [5.41, 5.74) is 0. The van der Waals surface area contributed by atoms with Gasteiger partial charge in [-0.15, -0.1) is 0 Å². The minimum absolute atomic E-state index is 0.0687. The summed E-state index contributed by atoms with van der Waals surface area (Å²) >= 11 is 0. The highest BCUT2D eigenvalue weighted by molar-refractivity contribution is 5.76. The Kier molecular flexibility index (Phi) is 60.2. The highest BCUT2D eigenvalue weighted by atomic mass is 16.3. The van der Waals surface area contributed by atoms with Crippen LogP contribution in [0.5, 0.6) is 0 Å². The average molecular weight is 991 g/mol. The number of carbonyl (C=O) groups excluding carboxylic acids is 1. The molecule has 414 valence electrons. The van der Waals surface area contributed by atoms with Crippen molar-refractivity contribution in [2.75, 3.05) is 6.61 Å². The van der Waals surface area contributed by atoms with Crippen molar-refractivity contribution in [3.8, 4) is 0 Å². The molecule has 2 unspecified atom stereocenters. The number of nitrogens with one attached hydrogen (secondary N) is 1. The van der Waals surface area contributed by atoms with Crippen LogP contribution in [0, 0.1) is 0 Å². The minimum Gasteiger partial charge on any atom is -0.394 e. The Balaban J connectivity index is 3.44. The first kappa shape index (κ1) is 68.8. The molecule has 0 bridgehead atoms. The summed E-state index contributed by atoms with van der Waals surface area (Å²) in [5.74, 6) is -0.0687. The number of aliphatic hydroxyl groups excluding tert-OH is 2. The Morgan fingerprint density at radius 1 is 0.352 bits per heavy atom. The van der Waals surface area contributed by atoms with E-state index in [0.717, 1.165) is 57.8 Å². The van der Waals surface area contributed by atoms with Gasteiger partial charge in [-0.3, -0.25) is 4.79 Å². The predicted octanol–water partition coefficient (Wildman–Crippen LogP) is 21.3. The summed E-state index contributed by atoms with van der Waals surface area (Å²) in [4.78, 5) is 12.5. The van der Waals surface area contributed by atoms with Gasteiger partial charge in [-0.05, 0) is 70.6 Å². The first-order valence-electron chi connectivity index (χ1n) is 31.7. The van der Waals surface area contributed by atoms with Crippen molar-refractivity contribution in [3.05, 3.63) is 72.9 Å².